The smallest absolute Gasteiger partial charge is 0.254 e. The van der Waals surface area contributed by atoms with Crippen molar-refractivity contribution >= 4 is 17.5 Å². The van der Waals surface area contributed by atoms with E-state index in [4.69, 9.17) is 11.6 Å². The first-order valence-electron chi connectivity index (χ1n) is 6.02. The van der Waals surface area contributed by atoms with Crippen molar-refractivity contribution in [2.75, 3.05) is 6.54 Å². The lowest BCUT2D eigenvalue weighted by atomic mass is 9.91. The first-order chi connectivity index (χ1) is 8.09. The minimum atomic E-state index is 0.0633. The Bertz CT molecular complexity index is 422. The highest BCUT2D eigenvalue weighted by Gasteiger charge is 2.28. The number of carbonyl (C=O) groups is 1. The van der Waals surface area contributed by atoms with Gasteiger partial charge in [-0.3, -0.25) is 4.79 Å². The average molecular weight is 253 g/mol. The Morgan fingerprint density at radius 3 is 3.00 bits per heavy atom. The van der Waals surface area contributed by atoms with E-state index in [1.165, 1.54) is 6.42 Å². The molecule has 1 aromatic heterocycles. The zero-order valence-corrected chi connectivity index (χ0v) is 10.9. The second-order valence-electron chi connectivity index (χ2n) is 4.73. The van der Waals surface area contributed by atoms with E-state index in [0.717, 1.165) is 13.0 Å². The van der Waals surface area contributed by atoms with Crippen LogP contribution in [0.15, 0.2) is 18.3 Å². The summed E-state index contributed by atoms with van der Waals surface area (Å²) in [7, 11) is 0. The summed E-state index contributed by atoms with van der Waals surface area (Å²) in [5.41, 5.74) is 0.631. The number of hydrogen-bond donors (Lipinski definition) is 0. The van der Waals surface area contributed by atoms with Crippen LogP contribution in [0.2, 0.25) is 5.15 Å². The molecule has 2 unspecified atom stereocenters. The number of pyridine rings is 1. The summed E-state index contributed by atoms with van der Waals surface area (Å²) in [6.07, 6.45) is 3.85. The summed E-state index contributed by atoms with van der Waals surface area (Å²) >= 11 is 5.81. The standard InChI is InChI=1S/C13H17ClN2O/c1-9-4-3-7-16(10(9)2)13(17)11-5-6-15-12(14)8-11/h5-6,8-10H,3-4,7H2,1-2H3. The predicted octanol–water partition coefficient (Wildman–Crippen LogP) is 3.00. The van der Waals surface area contributed by atoms with E-state index < -0.39 is 0 Å². The molecular weight excluding hydrogens is 236 g/mol. The summed E-state index contributed by atoms with van der Waals surface area (Å²) in [6, 6.07) is 3.65. The number of amides is 1. The molecule has 2 rings (SSSR count). The molecule has 0 bridgehead atoms. The van der Waals surface area contributed by atoms with E-state index >= 15 is 0 Å². The summed E-state index contributed by atoms with van der Waals surface area (Å²) in [4.78, 5) is 18.2. The number of likely N-dealkylation sites (tertiary alicyclic amines) is 1. The molecule has 0 radical (unpaired) electrons. The largest absolute Gasteiger partial charge is 0.336 e. The van der Waals surface area contributed by atoms with Crippen molar-refractivity contribution in [2.24, 2.45) is 5.92 Å². The van der Waals surface area contributed by atoms with Crippen LogP contribution in [0.1, 0.15) is 37.0 Å². The fourth-order valence-electron chi connectivity index (χ4n) is 2.32. The van der Waals surface area contributed by atoms with Gasteiger partial charge in [-0.25, -0.2) is 4.98 Å². The monoisotopic (exact) mass is 252 g/mol. The molecule has 0 saturated carbocycles. The van der Waals surface area contributed by atoms with Gasteiger partial charge in [-0.05, 0) is 37.8 Å². The molecule has 0 aromatic carbocycles. The highest BCUT2D eigenvalue weighted by molar-refractivity contribution is 6.29. The van der Waals surface area contributed by atoms with Gasteiger partial charge in [0.05, 0.1) is 0 Å². The van der Waals surface area contributed by atoms with E-state index in [1.54, 1.807) is 18.3 Å². The number of rotatable bonds is 1. The third-order valence-electron chi connectivity index (χ3n) is 3.61. The van der Waals surface area contributed by atoms with Gasteiger partial charge in [0.2, 0.25) is 0 Å². The fourth-order valence-corrected chi connectivity index (χ4v) is 2.50. The van der Waals surface area contributed by atoms with Crippen molar-refractivity contribution in [1.29, 1.82) is 0 Å². The fraction of sp³-hybridized carbons (Fsp3) is 0.538. The van der Waals surface area contributed by atoms with Gasteiger partial charge in [-0.1, -0.05) is 18.5 Å². The van der Waals surface area contributed by atoms with Crippen molar-refractivity contribution in [3.8, 4) is 0 Å². The molecule has 1 aliphatic heterocycles. The molecule has 1 amide bonds. The molecule has 17 heavy (non-hydrogen) atoms. The Balaban J connectivity index is 2.19. The lowest BCUT2D eigenvalue weighted by Crippen LogP contribution is -2.46. The second-order valence-corrected chi connectivity index (χ2v) is 5.11. The van der Waals surface area contributed by atoms with Gasteiger partial charge in [0, 0.05) is 24.3 Å². The number of hydrogen-bond acceptors (Lipinski definition) is 2. The third-order valence-corrected chi connectivity index (χ3v) is 3.81. The van der Waals surface area contributed by atoms with Crippen LogP contribution in [0, 0.1) is 5.92 Å². The summed E-state index contributed by atoms with van der Waals surface area (Å²) in [5, 5.41) is 0.369. The SMILES string of the molecule is CC1CCCN(C(=O)c2ccnc(Cl)c2)C1C. The van der Waals surface area contributed by atoms with Crippen LogP contribution in [0.3, 0.4) is 0 Å². The molecule has 2 atom stereocenters. The topological polar surface area (TPSA) is 33.2 Å². The van der Waals surface area contributed by atoms with E-state index in [9.17, 15) is 4.79 Å². The molecule has 92 valence electrons. The Hall–Kier alpha value is -1.09. The molecule has 4 heteroatoms. The molecule has 0 aliphatic carbocycles. The van der Waals surface area contributed by atoms with Crippen LogP contribution in [0.5, 0.6) is 0 Å². The van der Waals surface area contributed by atoms with Crippen LogP contribution in [0.25, 0.3) is 0 Å². The summed E-state index contributed by atoms with van der Waals surface area (Å²) < 4.78 is 0. The minimum absolute atomic E-state index is 0.0633. The van der Waals surface area contributed by atoms with Gasteiger partial charge < -0.3 is 4.90 Å². The molecule has 0 N–H and O–H groups in total. The summed E-state index contributed by atoms with van der Waals surface area (Å²) in [6.45, 7) is 5.15. The van der Waals surface area contributed by atoms with Crippen molar-refractivity contribution in [3.05, 3.63) is 29.0 Å². The van der Waals surface area contributed by atoms with Crippen LogP contribution in [0.4, 0.5) is 0 Å². The normalized spacial score (nSPS) is 24.8. The molecule has 0 spiro atoms. The van der Waals surface area contributed by atoms with Crippen LogP contribution in [-0.4, -0.2) is 28.4 Å². The zero-order chi connectivity index (χ0) is 12.4. The van der Waals surface area contributed by atoms with Gasteiger partial charge in [0.15, 0.2) is 0 Å². The highest BCUT2D eigenvalue weighted by atomic mass is 35.5. The Morgan fingerprint density at radius 1 is 1.53 bits per heavy atom. The molecule has 1 aliphatic rings. The molecule has 2 heterocycles. The molecule has 3 nitrogen and oxygen atoms in total. The van der Waals surface area contributed by atoms with Crippen molar-refractivity contribution in [2.45, 2.75) is 32.7 Å². The maximum absolute atomic E-state index is 12.3. The Morgan fingerprint density at radius 2 is 2.29 bits per heavy atom. The molecular formula is C13H17ClN2O. The van der Waals surface area contributed by atoms with Gasteiger partial charge in [0.25, 0.3) is 5.91 Å². The Labute approximate surface area is 107 Å². The second kappa shape index (κ2) is 5.05. The van der Waals surface area contributed by atoms with Crippen molar-refractivity contribution in [1.82, 2.24) is 9.88 Å². The molecule has 1 saturated heterocycles. The molecule has 1 fully saturated rings. The summed E-state index contributed by atoms with van der Waals surface area (Å²) in [5.74, 6) is 0.623. The maximum Gasteiger partial charge on any atom is 0.254 e. The number of halogens is 1. The number of nitrogens with zero attached hydrogens (tertiary/aromatic N) is 2. The van der Waals surface area contributed by atoms with Gasteiger partial charge in [0.1, 0.15) is 5.15 Å². The first-order valence-corrected chi connectivity index (χ1v) is 6.40. The van der Waals surface area contributed by atoms with Gasteiger partial charge in [-0.2, -0.15) is 0 Å². The maximum atomic E-state index is 12.3. The Kier molecular flexibility index (Phi) is 3.67. The van der Waals surface area contributed by atoms with Crippen molar-refractivity contribution in [3.63, 3.8) is 0 Å². The van der Waals surface area contributed by atoms with Crippen molar-refractivity contribution < 1.29 is 4.79 Å². The first kappa shape index (κ1) is 12.4. The van der Waals surface area contributed by atoms with E-state index in [2.05, 4.69) is 18.8 Å². The van der Waals surface area contributed by atoms with E-state index in [-0.39, 0.29) is 5.91 Å². The average Bonchev–Trinajstić information content (AvgIpc) is 2.32. The van der Waals surface area contributed by atoms with Gasteiger partial charge in [-0.15, -0.1) is 0 Å². The number of aromatic nitrogens is 1. The lowest BCUT2D eigenvalue weighted by Gasteiger charge is -2.38. The van der Waals surface area contributed by atoms with Crippen LogP contribution in [-0.2, 0) is 0 Å². The number of carbonyl (C=O) groups excluding carboxylic acids is 1. The van der Waals surface area contributed by atoms with E-state index in [0.29, 0.717) is 22.7 Å². The predicted molar refractivity (Wildman–Crippen MR) is 68.1 cm³/mol. The molecule has 1 aromatic rings. The zero-order valence-electron chi connectivity index (χ0n) is 10.2. The lowest BCUT2D eigenvalue weighted by molar-refractivity contribution is 0.0551. The van der Waals surface area contributed by atoms with Crippen LogP contribution < -0.4 is 0 Å². The van der Waals surface area contributed by atoms with Crippen LogP contribution >= 0.6 is 11.6 Å². The quantitative estimate of drug-likeness (QED) is 0.720. The van der Waals surface area contributed by atoms with Gasteiger partial charge >= 0.3 is 0 Å². The van der Waals surface area contributed by atoms with E-state index in [1.807, 2.05) is 4.90 Å². The highest BCUT2D eigenvalue weighted by Crippen LogP contribution is 2.24. The number of piperidine rings is 1. The third kappa shape index (κ3) is 2.60. The minimum Gasteiger partial charge on any atom is -0.336 e.